The number of aliphatic carboxylic acids is 1. The molecule has 0 radical (unpaired) electrons. The number of nitrogens with one attached hydrogen (secondary N) is 1. The average Bonchev–Trinajstić information content (AvgIpc) is 2.42. The first kappa shape index (κ1) is 15.8. The second-order valence-electron chi connectivity index (χ2n) is 5.56. The van der Waals surface area contributed by atoms with E-state index in [0.717, 1.165) is 45.3 Å². The monoisotopic (exact) mass is 270 g/mol. The van der Waals surface area contributed by atoms with Gasteiger partial charge in [0, 0.05) is 26.1 Å². The predicted molar refractivity (Wildman–Crippen MR) is 74.0 cm³/mol. The van der Waals surface area contributed by atoms with Gasteiger partial charge in [0.15, 0.2) is 0 Å². The molecule has 1 aliphatic heterocycles. The molecule has 0 spiro atoms. The third kappa shape index (κ3) is 5.94. The zero-order valence-electron chi connectivity index (χ0n) is 12.0. The van der Waals surface area contributed by atoms with Gasteiger partial charge in [0.2, 0.25) is 0 Å². The fraction of sp³-hybridized carbons (Fsp3) is 0.857. The highest BCUT2D eigenvalue weighted by molar-refractivity contribution is 5.74. The van der Waals surface area contributed by atoms with Crippen molar-refractivity contribution in [2.75, 3.05) is 19.6 Å². The molecule has 1 saturated heterocycles. The highest BCUT2D eigenvalue weighted by atomic mass is 16.4. The second kappa shape index (κ2) is 8.02. The van der Waals surface area contributed by atoms with Crippen molar-refractivity contribution in [1.29, 1.82) is 0 Å². The molecule has 1 rings (SSSR count). The number of piperidine rings is 1. The van der Waals surface area contributed by atoms with E-state index in [0.29, 0.717) is 11.8 Å². The van der Waals surface area contributed by atoms with Crippen LogP contribution in [-0.4, -0.2) is 41.6 Å². The summed E-state index contributed by atoms with van der Waals surface area (Å²) in [5, 5.41) is 11.6. The molecule has 0 bridgehead atoms. The molecule has 0 aliphatic carbocycles. The van der Waals surface area contributed by atoms with Crippen molar-refractivity contribution in [3.63, 3.8) is 0 Å². The second-order valence-corrected chi connectivity index (χ2v) is 5.56. The van der Waals surface area contributed by atoms with Crippen molar-refractivity contribution in [1.82, 2.24) is 10.2 Å². The maximum Gasteiger partial charge on any atom is 0.317 e. The van der Waals surface area contributed by atoms with E-state index in [1.807, 2.05) is 4.90 Å². The van der Waals surface area contributed by atoms with E-state index >= 15 is 0 Å². The van der Waals surface area contributed by atoms with Gasteiger partial charge in [-0.15, -0.1) is 0 Å². The third-order valence-corrected chi connectivity index (χ3v) is 3.97. The summed E-state index contributed by atoms with van der Waals surface area (Å²) in [6.45, 7) is 6.46. The smallest absolute Gasteiger partial charge is 0.317 e. The molecular formula is C14H26N2O3. The molecule has 5 nitrogen and oxygen atoms in total. The molecule has 2 amide bonds. The highest BCUT2D eigenvalue weighted by Gasteiger charge is 2.23. The molecule has 5 heteroatoms. The van der Waals surface area contributed by atoms with Gasteiger partial charge in [0.1, 0.15) is 0 Å². The van der Waals surface area contributed by atoms with Crippen LogP contribution < -0.4 is 5.32 Å². The molecule has 0 aromatic rings. The molecule has 0 aromatic carbocycles. The fourth-order valence-corrected chi connectivity index (χ4v) is 2.27. The minimum atomic E-state index is -0.728. The number of carboxylic acids is 1. The van der Waals surface area contributed by atoms with Gasteiger partial charge in [0.25, 0.3) is 0 Å². The quantitative estimate of drug-likeness (QED) is 0.778. The Morgan fingerprint density at radius 3 is 2.53 bits per heavy atom. The lowest BCUT2D eigenvalue weighted by molar-refractivity contribution is -0.137. The summed E-state index contributed by atoms with van der Waals surface area (Å²) in [6.07, 6.45) is 3.88. The van der Waals surface area contributed by atoms with E-state index in [-0.39, 0.29) is 12.5 Å². The number of likely N-dealkylation sites (tertiary alicyclic amines) is 1. The maximum absolute atomic E-state index is 11.9. The third-order valence-electron chi connectivity index (χ3n) is 3.97. The number of carbonyl (C=O) groups is 2. The standard InChI is InChI=1S/C14H26N2O3/c1-3-11(2)10-15-14(19)16-8-6-12(7-9-16)4-5-13(17)18/h11-12H,3-10H2,1-2H3,(H,15,19)(H,17,18). The molecule has 110 valence electrons. The lowest BCUT2D eigenvalue weighted by Gasteiger charge is -2.32. The van der Waals surface area contributed by atoms with Crippen molar-refractivity contribution in [2.45, 2.75) is 46.0 Å². The molecule has 2 N–H and O–H groups in total. The topological polar surface area (TPSA) is 69.6 Å². The molecule has 1 fully saturated rings. The number of hydrogen-bond acceptors (Lipinski definition) is 2. The van der Waals surface area contributed by atoms with Gasteiger partial charge in [0.05, 0.1) is 0 Å². The molecule has 1 heterocycles. The van der Waals surface area contributed by atoms with Crippen LogP contribution in [0.3, 0.4) is 0 Å². The van der Waals surface area contributed by atoms with Crippen LogP contribution in [0.4, 0.5) is 4.79 Å². The Hall–Kier alpha value is -1.26. The molecular weight excluding hydrogens is 244 g/mol. The molecule has 0 saturated carbocycles. The number of urea groups is 1. The van der Waals surface area contributed by atoms with Crippen LogP contribution in [-0.2, 0) is 4.79 Å². The van der Waals surface area contributed by atoms with Crippen molar-refractivity contribution in [3.05, 3.63) is 0 Å². The molecule has 19 heavy (non-hydrogen) atoms. The molecule has 1 unspecified atom stereocenters. The largest absolute Gasteiger partial charge is 0.481 e. The van der Waals surface area contributed by atoms with E-state index in [2.05, 4.69) is 19.2 Å². The Kier molecular flexibility index (Phi) is 6.67. The Labute approximate surface area is 115 Å². The number of amides is 2. The molecule has 0 aromatic heterocycles. The minimum Gasteiger partial charge on any atom is -0.481 e. The van der Waals surface area contributed by atoms with Crippen LogP contribution >= 0.6 is 0 Å². The van der Waals surface area contributed by atoms with Gasteiger partial charge in [-0.2, -0.15) is 0 Å². The summed E-state index contributed by atoms with van der Waals surface area (Å²) < 4.78 is 0. The first-order chi connectivity index (χ1) is 9.02. The van der Waals surface area contributed by atoms with E-state index in [9.17, 15) is 9.59 Å². The van der Waals surface area contributed by atoms with Crippen LogP contribution in [0.5, 0.6) is 0 Å². The van der Waals surface area contributed by atoms with E-state index in [1.165, 1.54) is 0 Å². The normalized spacial score (nSPS) is 18.1. The Morgan fingerprint density at radius 2 is 2.00 bits per heavy atom. The Balaban J connectivity index is 2.21. The summed E-state index contributed by atoms with van der Waals surface area (Å²) in [5.74, 6) is 0.237. The SMILES string of the molecule is CCC(C)CNC(=O)N1CCC(CCC(=O)O)CC1. The summed E-state index contributed by atoms with van der Waals surface area (Å²) in [7, 11) is 0. The van der Waals surface area contributed by atoms with Gasteiger partial charge in [-0.1, -0.05) is 20.3 Å². The van der Waals surface area contributed by atoms with Gasteiger partial charge in [-0.05, 0) is 31.1 Å². The zero-order chi connectivity index (χ0) is 14.3. The van der Waals surface area contributed by atoms with E-state index in [1.54, 1.807) is 0 Å². The van der Waals surface area contributed by atoms with Gasteiger partial charge < -0.3 is 15.3 Å². The zero-order valence-corrected chi connectivity index (χ0v) is 12.0. The summed E-state index contributed by atoms with van der Waals surface area (Å²) >= 11 is 0. The van der Waals surface area contributed by atoms with E-state index < -0.39 is 5.97 Å². The van der Waals surface area contributed by atoms with Crippen molar-refractivity contribution < 1.29 is 14.7 Å². The number of carbonyl (C=O) groups excluding carboxylic acids is 1. The van der Waals surface area contributed by atoms with Gasteiger partial charge in [-0.3, -0.25) is 4.79 Å². The summed E-state index contributed by atoms with van der Waals surface area (Å²) in [5.41, 5.74) is 0. The molecule has 1 atom stereocenters. The average molecular weight is 270 g/mol. The first-order valence-electron chi connectivity index (χ1n) is 7.27. The Bertz CT molecular complexity index is 299. The summed E-state index contributed by atoms with van der Waals surface area (Å²) in [6, 6.07) is 0.0250. The van der Waals surface area contributed by atoms with Crippen LogP contribution in [0.1, 0.15) is 46.0 Å². The summed E-state index contributed by atoms with van der Waals surface area (Å²) in [4.78, 5) is 24.3. The van der Waals surface area contributed by atoms with Crippen LogP contribution in [0.2, 0.25) is 0 Å². The highest BCUT2D eigenvalue weighted by Crippen LogP contribution is 2.21. The lowest BCUT2D eigenvalue weighted by Crippen LogP contribution is -2.45. The van der Waals surface area contributed by atoms with Crippen molar-refractivity contribution >= 4 is 12.0 Å². The number of carboxylic acid groups (broad SMARTS) is 1. The van der Waals surface area contributed by atoms with Crippen LogP contribution in [0, 0.1) is 11.8 Å². The maximum atomic E-state index is 11.9. The minimum absolute atomic E-state index is 0.0250. The lowest BCUT2D eigenvalue weighted by atomic mass is 9.92. The first-order valence-corrected chi connectivity index (χ1v) is 7.27. The Morgan fingerprint density at radius 1 is 1.37 bits per heavy atom. The van der Waals surface area contributed by atoms with Gasteiger partial charge >= 0.3 is 12.0 Å². The molecule has 1 aliphatic rings. The fourth-order valence-electron chi connectivity index (χ4n) is 2.27. The van der Waals surface area contributed by atoms with Crippen molar-refractivity contribution in [3.8, 4) is 0 Å². The van der Waals surface area contributed by atoms with Crippen LogP contribution in [0.15, 0.2) is 0 Å². The number of rotatable bonds is 6. The van der Waals surface area contributed by atoms with Gasteiger partial charge in [-0.25, -0.2) is 4.79 Å². The number of nitrogens with zero attached hydrogens (tertiary/aromatic N) is 1. The van der Waals surface area contributed by atoms with E-state index in [4.69, 9.17) is 5.11 Å². The van der Waals surface area contributed by atoms with Crippen LogP contribution in [0.25, 0.3) is 0 Å². The number of hydrogen-bond donors (Lipinski definition) is 2. The van der Waals surface area contributed by atoms with Crippen molar-refractivity contribution in [2.24, 2.45) is 11.8 Å². The predicted octanol–water partition coefficient (Wildman–Crippen LogP) is 2.32.